The molecule has 0 bridgehead atoms. The number of esters is 1. The number of pyridine rings is 1. The van der Waals surface area contributed by atoms with Gasteiger partial charge in [-0.2, -0.15) is 0 Å². The summed E-state index contributed by atoms with van der Waals surface area (Å²) in [5.41, 5.74) is 0.982. The molecule has 1 atom stereocenters. The van der Waals surface area contributed by atoms with Crippen LogP contribution in [0.1, 0.15) is 28.9 Å². The van der Waals surface area contributed by atoms with Crippen LogP contribution < -0.4 is 0 Å². The van der Waals surface area contributed by atoms with Crippen molar-refractivity contribution in [2.24, 2.45) is 0 Å². The number of carbonyl (C=O) groups excluding carboxylic acids is 1. The van der Waals surface area contributed by atoms with Gasteiger partial charge in [-0.15, -0.1) is 0 Å². The molecule has 0 N–H and O–H groups in total. The number of non-ortho nitro benzene ring substituents is 1. The maximum absolute atomic E-state index is 11.9. The van der Waals surface area contributed by atoms with E-state index in [4.69, 9.17) is 4.74 Å². The first kappa shape index (κ1) is 13.7. The molecule has 0 saturated carbocycles. The zero-order valence-corrected chi connectivity index (χ0v) is 10.7. The van der Waals surface area contributed by atoms with Gasteiger partial charge in [0.15, 0.2) is 0 Å². The van der Waals surface area contributed by atoms with Gasteiger partial charge >= 0.3 is 5.97 Å². The van der Waals surface area contributed by atoms with Crippen LogP contribution in [0.3, 0.4) is 0 Å². The maximum Gasteiger partial charge on any atom is 0.338 e. The van der Waals surface area contributed by atoms with Crippen molar-refractivity contribution in [3.8, 4) is 0 Å². The summed E-state index contributed by atoms with van der Waals surface area (Å²) in [6.45, 7) is 1.74. The van der Waals surface area contributed by atoms with Crippen LogP contribution in [0.25, 0.3) is 0 Å². The van der Waals surface area contributed by atoms with Crippen molar-refractivity contribution in [1.29, 1.82) is 0 Å². The average Bonchev–Trinajstić information content (AvgIpc) is 2.48. The van der Waals surface area contributed by atoms with E-state index in [0.717, 1.165) is 5.56 Å². The molecule has 0 aliphatic rings. The SMILES string of the molecule is CC(OC(=O)c1ccc([N+](=O)[O-])cc1)c1cccnc1. The zero-order chi connectivity index (χ0) is 14.5. The smallest absolute Gasteiger partial charge is 0.338 e. The summed E-state index contributed by atoms with van der Waals surface area (Å²) in [7, 11) is 0. The van der Waals surface area contributed by atoms with Crippen molar-refractivity contribution in [2.45, 2.75) is 13.0 Å². The lowest BCUT2D eigenvalue weighted by atomic mass is 10.2. The molecule has 20 heavy (non-hydrogen) atoms. The first-order valence-corrected chi connectivity index (χ1v) is 5.93. The molecule has 2 rings (SSSR count). The highest BCUT2D eigenvalue weighted by Crippen LogP contribution is 2.18. The third-order valence-corrected chi connectivity index (χ3v) is 2.75. The molecule has 1 aromatic heterocycles. The number of benzene rings is 1. The van der Waals surface area contributed by atoms with E-state index in [1.165, 1.54) is 24.3 Å². The molecule has 0 fully saturated rings. The normalized spacial score (nSPS) is 11.7. The molecule has 1 aromatic carbocycles. The van der Waals surface area contributed by atoms with E-state index >= 15 is 0 Å². The number of hydrogen-bond donors (Lipinski definition) is 0. The Balaban J connectivity index is 2.06. The van der Waals surface area contributed by atoms with Crippen LogP contribution in [0, 0.1) is 10.1 Å². The van der Waals surface area contributed by atoms with Gasteiger partial charge in [0.1, 0.15) is 6.10 Å². The van der Waals surface area contributed by atoms with E-state index in [2.05, 4.69) is 4.98 Å². The van der Waals surface area contributed by atoms with Crippen molar-refractivity contribution in [3.05, 3.63) is 70.0 Å². The first-order chi connectivity index (χ1) is 9.58. The van der Waals surface area contributed by atoms with Crippen LogP contribution >= 0.6 is 0 Å². The predicted molar refractivity (Wildman–Crippen MR) is 71.2 cm³/mol. The van der Waals surface area contributed by atoms with Crippen LogP contribution in [0.4, 0.5) is 5.69 Å². The molecule has 2 aromatic rings. The molecule has 0 spiro atoms. The zero-order valence-electron chi connectivity index (χ0n) is 10.7. The van der Waals surface area contributed by atoms with Crippen LogP contribution in [0.2, 0.25) is 0 Å². The molecule has 102 valence electrons. The summed E-state index contributed by atoms with van der Waals surface area (Å²) in [5.74, 6) is -0.531. The molecule has 0 aliphatic heterocycles. The Bertz CT molecular complexity index is 611. The molecule has 6 nitrogen and oxygen atoms in total. The number of nitrogens with zero attached hydrogens (tertiary/aromatic N) is 2. The molecule has 0 radical (unpaired) electrons. The monoisotopic (exact) mass is 272 g/mol. The number of carbonyl (C=O) groups is 1. The van der Waals surface area contributed by atoms with Gasteiger partial charge in [0.25, 0.3) is 5.69 Å². The van der Waals surface area contributed by atoms with Gasteiger partial charge in [-0.3, -0.25) is 15.1 Å². The summed E-state index contributed by atoms with van der Waals surface area (Å²) in [4.78, 5) is 25.9. The van der Waals surface area contributed by atoms with E-state index in [1.807, 2.05) is 0 Å². The third kappa shape index (κ3) is 3.17. The van der Waals surface area contributed by atoms with Crippen molar-refractivity contribution >= 4 is 11.7 Å². The molecule has 6 heteroatoms. The molecule has 1 unspecified atom stereocenters. The Labute approximate surface area is 115 Å². The molecule has 0 amide bonds. The predicted octanol–water partition coefficient (Wildman–Crippen LogP) is 2.91. The fourth-order valence-corrected chi connectivity index (χ4v) is 1.63. The Morgan fingerprint density at radius 1 is 1.30 bits per heavy atom. The van der Waals surface area contributed by atoms with E-state index in [-0.39, 0.29) is 11.3 Å². The largest absolute Gasteiger partial charge is 0.454 e. The van der Waals surface area contributed by atoms with Gasteiger partial charge in [0.05, 0.1) is 10.5 Å². The summed E-state index contributed by atoms with van der Waals surface area (Å²) < 4.78 is 5.27. The fourth-order valence-electron chi connectivity index (χ4n) is 1.63. The lowest BCUT2D eigenvalue weighted by molar-refractivity contribution is -0.384. The molecular weight excluding hydrogens is 260 g/mol. The summed E-state index contributed by atoms with van der Waals surface area (Å²) in [6, 6.07) is 8.84. The first-order valence-electron chi connectivity index (χ1n) is 5.93. The highest BCUT2D eigenvalue weighted by Gasteiger charge is 2.15. The second kappa shape index (κ2) is 5.92. The lowest BCUT2D eigenvalue weighted by Crippen LogP contribution is -2.09. The number of nitro benzene ring substituents is 1. The van der Waals surface area contributed by atoms with Gasteiger partial charge in [-0.05, 0) is 25.1 Å². The number of hydrogen-bond acceptors (Lipinski definition) is 5. The van der Waals surface area contributed by atoms with Gasteiger partial charge in [0, 0.05) is 30.1 Å². The number of rotatable bonds is 4. The van der Waals surface area contributed by atoms with E-state index in [9.17, 15) is 14.9 Å². The highest BCUT2D eigenvalue weighted by atomic mass is 16.6. The van der Waals surface area contributed by atoms with Gasteiger partial charge in [-0.1, -0.05) is 6.07 Å². The Hall–Kier alpha value is -2.76. The van der Waals surface area contributed by atoms with Crippen LogP contribution in [0.15, 0.2) is 48.8 Å². The van der Waals surface area contributed by atoms with Gasteiger partial charge in [-0.25, -0.2) is 4.79 Å². The van der Waals surface area contributed by atoms with Crippen molar-refractivity contribution in [3.63, 3.8) is 0 Å². The minimum atomic E-state index is -0.531. The van der Waals surface area contributed by atoms with Crippen molar-refractivity contribution < 1.29 is 14.5 Å². The standard InChI is InChI=1S/C14H12N2O4/c1-10(12-3-2-8-15-9-12)20-14(17)11-4-6-13(7-5-11)16(18)19/h2-10H,1H3. The Kier molecular flexibility index (Phi) is 4.05. The van der Waals surface area contributed by atoms with Gasteiger partial charge < -0.3 is 4.74 Å². The van der Waals surface area contributed by atoms with E-state index < -0.39 is 17.0 Å². The maximum atomic E-state index is 11.9. The van der Waals surface area contributed by atoms with Gasteiger partial charge in [0.2, 0.25) is 0 Å². The molecule has 0 aliphatic carbocycles. The number of aromatic nitrogens is 1. The lowest BCUT2D eigenvalue weighted by Gasteiger charge is -2.12. The summed E-state index contributed by atoms with van der Waals surface area (Å²) >= 11 is 0. The summed E-state index contributed by atoms with van der Waals surface area (Å²) in [5, 5.41) is 10.5. The van der Waals surface area contributed by atoms with Crippen molar-refractivity contribution in [2.75, 3.05) is 0 Å². The minimum Gasteiger partial charge on any atom is -0.454 e. The fraction of sp³-hybridized carbons (Fsp3) is 0.143. The quantitative estimate of drug-likeness (QED) is 0.485. The van der Waals surface area contributed by atoms with Crippen molar-refractivity contribution in [1.82, 2.24) is 4.98 Å². The topological polar surface area (TPSA) is 82.3 Å². The van der Waals surface area contributed by atoms with Crippen LogP contribution in [-0.4, -0.2) is 15.9 Å². The van der Waals surface area contributed by atoms with E-state index in [0.29, 0.717) is 0 Å². The molecular formula is C14H12N2O4. The highest BCUT2D eigenvalue weighted by molar-refractivity contribution is 5.89. The van der Waals surface area contributed by atoms with Crippen LogP contribution in [0.5, 0.6) is 0 Å². The number of nitro groups is 1. The Morgan fingerprint density at radius 3 is 2.55 bits per heavy atom. The second-order valence-electron chi connectivity index (χ2n) is 4.14. The summed E-state index contributed by atoms with van der Waals surface area (Å²) in [6.07, 6.45) is 2.81. The Morgan fingerprint density at radius 2 is 2.00 bits per heavy atom. The average molecular weight is 272 g/mol. The second-order valence-corrected chi connectivity index (χ2v) is 4.14. The number of ether oxygens (including phenoxy) is 1. The minimum absolute atomic E-state index is 0.0677. The third-order valence-electron chi connectivity index (χ3n) is 2.75. The van der Waals surface area contributed by atoms with Crippen LogP contribution in [-0.2, 0) is 4.74 Å². The molecule has 1 heterocycles. The molecule has 0 saturated heterocycles. The van der Waals surface area contributed by atoms with E-state index in [1.54, 1.807) is 31.5 Å².